The molecule has 208 valence electrons. The van der Waals surface area contributed by atoms with Crippen LogP contribution < -0.4 is 4.72 Å². The highest BCUT2D eigenvalue weighted by molar-refractivity contribution is 7.92. The molecule has 40 heavy (non-hydrogen) atoms. The highest BCUT2D eigenvalue weighted by Crippen LogP contribution is 2.40. The van der Waals surface area contributed by atoms with Gasteiger partial charge in [-0.1, -0.05) is 54.6 Å². The molecule has 1 aliphatic rings. The van der Waals surface area contributed by atoms with E-state index >= 15 is 0 Å². The van der Waals surface area contributed by atoms with Crippen LogP contribution in [0.5, 0.6) is 0 Å². The monoisotopic (exact) mass is 567 g/mol. The van der Waals surface area contributed by atoms with Crippen molar-refractivity contribution in [1.82, 2.24) is 9.97 Å². The van der Waals surface area contributed by atoms with Crippen LogP contribution in [0.3, 0.4) is 0 Å². The minimum Gasteiger partial charge on any atom is -0.289 e. The van der Waals surface area contributed by atoms with E-state index in [1.54, 1.807) is 18.2 Å². The van der Waals surface area contributed by atoms with E-state index in [0.29, 0.717) is 24.2 Å². The number of halogens is 3. The van der Waals surface area contributed by atoms with Gasteiger partial charge in [-0.2, -0.15) is 0 Å². The lowest BCUT2D eigenvalue weighted by molar-refractivity contribution is -0.341. The molecule has 0 bridgehead atoms. The molecule has 1 fully saturated rings. The molecular formula is C30H28F3N3O3S. The Morgan fingerprint density at radius 2 is 1.60 bits per heavy atom. The molecule has 0 radical (unpaired) electrons. The number of aryl methyl sites for hydroxylation is 2. The first-order valence-corrected chi connectivity index (χ1v) is 14.3. The van der Waals surface area contributed by atoms with Crippen LogP contribution in [0.2, 0.25) is 0 Å². The van der Waals surface area contributed by atoms with Gasteiger partial charge in [-0.15, -0.1) is 13.2 Å². The van der Waals surface area contributed by atoms with Gasteiger partial charge in [-0.3, -0.25) is 14.4 Å². The summed E-state index contributed by atoms with van der Waals surface area (Å²) < 4.78 is 71.0. The Morgan fingerprint density at radius 1 is 0.900 bits per heavy atom. The normalized spacial score (nSPS) is 17.6. The molecule has 6 nitrogen and oxygen atoms in total. The van der Waals surface area contributed by atoms with Gasteiger partial charge in [0.05, 0.1) is 28.6 Å². The van der Waals surface area contributed by atoms with Crippen molar-refractivity contribution in [2.75, 3.05) is 4.72 Å². The maximum absolute atomic E-state index is 13.0. The largest absolute Gasteiger partial charge is 0.522 e. The fraction of sp³-hybridized carbons (Fsp3) is 0.267. The minimum atomic E-state index is -4.65. The molecule has 0 unspecified atom stereocenters. The zero-order valence-electron chi connectivity index (χ0n) is 21.9. The van der Waals surface area contributed by atoms with Gasteiger partial charge >= 0.3 is 6.36 Å². The fourth-order valence-electron chi connectivity index (χ4n) is 5.29. The number of hydrogen-bond donors (Lipinski definition) is 1. The first kappa shape index (κ1) is 27.8. The molecule has 1 saturated carbocycles. The molecule has 1 aliphatic carbocycles. The van der Waals surface area contributed by atoms with Crippen LogP contribution in [0.1, 0.15) is 41.9 Å². The van der Waals surface area contributed by atoms with E-state index in [1.807, 2.05) is 56.3 Å². The number of aromatic nitrogens is 2. The Bertz CT molecular complexity index is 1610. The van der Waals surface area contributed by atoms with Crippen molar-refractivity contribution < 1.29 is 26.3 Å². The van der Waals surface area contributed by atoms with Gasteiger partial charge in [0, 0.05) is 11.1 Å². The van der Waals surface area contributed by atoms with Crippen molar-refractivity contribution in [3.05, 3.63) is 95.7 Å². The molecule has 10 heteroatoms. The summed E-state index contributed by atoms with van der Waals surface area (Å²) in [6, 6.07) is 21.4. The molecule has 2 atom stereocenters. The molecule has 0 spiro atoms. The highest BCUT2D eigenvalue weighted by atomic mass is 32.2. The van der Waals surface area contributed by atoms with Gasteiger partial charge < -0.3 is 0 Å². The Labute approximate surface area is 231 Å². The van der Waals surface area contributed by atoms with Crippen molar-refractivity contribution >= 4 is 15.8 Å². The van der Waals surface area contributed by atoms with E-state index in [-0.39, 0.29) is 23.1 Å². The van der Waals surface area contributed by atoms with Crippen molar-refractivity contribution in [2.24, 2.45) is 0 Å². The van der Waals surface area contributed by atoms with Crippen LogP contribution in [0.25, 0.3) is 22.5 Å². The standard InChI is InChI=1S/C30H28F3N3O3S/c1-19-8-6-9-20(2)27(19)29-28(34-18-26(35-29)36-40(37,38)25-12-4-3-5-13-25)23-11-7-10-21(16-23)22-14-15-24(17-22)39-30(31,32)33/h3-13,16,18,22,24H,14-15,17H2,1-2H3,(H,35,36)/t22-,24+/m1/s1. The molecular weight excluding hydrogens is 539 g/mol. The molecule has 1 aromatic heterocycles. The molecule has 0 amide bonds. The van der Waals surface area contributed by atoms with E-state index in [1.165, 1.54) is 18.3 Å². The summed E-state index contributed by atoms with van der Waals surface area (Å²) in [5.74, 6) is -0.00907. The Balaban J connectivity index is 1.54. The minimum absolute atomic E-state index is 0.0735. The predicted molar refractivity (Wildman–Crippen MR) is 147 cm³/mol. The quantitative estimate of drug-likeness (QED) is 0.252. The summed E-state index contributed by atoms with van der Waals surface area (Å²) in [6.07, 6.45) is -2.95. The maximum atomic E-state index is 13.0. The summed E-state index contributed by atoms with van der Waals surface area (Å²) in [7, 11) is -3.89. The van der Waals surface area contributed by atoms with Gasteiger partial charge in [0.25, 0.3) is 10.0 Å². The zero-order chi connectivity index (χ0) is 28.5. The van der Waals surface area contributed by atoms with Gasteiger partial charge in [0.2, 0.25) is 0 Å². The second kappa shape index (κ2) is 11.0. The lowest BCUT2D eigenvalue weighted by Crippen LogP contribution is -2.21. The van der Waals surface area contributed by atoms with Crippen molar-refractivity contribution in [2.45, 2.75) is 56.4 Å². The third-order valence-corrected chi connectivity index (χ3v) is 8.47. The lowest BCUT2D eigenvalue weighted by Gasteiger charge is -2.17. The average Bonchev–Trinajstić information content (AvgIpc) is 3.36. The van der Waals surface area contributed by atoms with Crippen LogP contribution >= 0.6 is 0 Å². The lowest BCUT2D eigenvalue weighted by atomic mass is 9.92. The van der Waals surface area contributed by atoms with Crippen molar-refractivity contribution in [3.8, 4) is 22.5 Å². The van der Waals surface area contributed by atoms with E-state index in [9.17, 15) is 21.6 Å². The Kier molecular flexibility index (Phi) is 7.65. The summed E-state index contributed by atoms with van der Waals surface area (Å²) in [4.78, 5) is 9.49. The first-order valence-electron chi connectivity index (χ1n) is 12.9. The third kappa shape index (κ3) is 6.18. The molecule has 3 aromatic carbocycles. The van der Waals surface area contributed by atoms with E-state index in [4.69, 9.17) is 4.98 Å². The third-order valence-electron chi connectivity index (χ3n) is 7.10. The summed E-state index contributed by atoms with van der Waals surface area (Å²) in [6.45, 7) is 3.90. The molecule has 1 N–H and O–H groups in total. The van der Waals surface area contributed by atoms with Gasteiger partial charge in [-0.25, -0.2) is 13.4 Å². The Morgan fingerprint density at radius 3 is 2.30 bits per heavy atom. The predicted octanol–water partition coefficient (Wildman–Crippen LogP) is 7.40. The number of ether oxygens (including phenoxy) is 1. The summed E-state index contributed by atoms with van der Waals surface area (Å²) in [5.41, 5.74) is 5.40. The molecule has 1 heterocycles. The van der Waals surface area contributed by atoms with Gasteiger partial charge in [0.1, 0.15) is 0 Å². The number of alkyl halides is 3. The number of sulfonamides is 1. The topological polar surface area (TPSA) is 81.2 Å². The number of nitrogens with one attached hydrogen (secondary N) is 1. The second-order valence-corrected chi connectivity index (χ2v) is 11.6. The van der Waals surface area contributed by atoms with Crippen LogP contribution in [-0.2, 0) is 14.8 Å². The van der Waals surface area contributed by atoms with E-state index in [2.05, 4.69) is 14.4 Å². The fourth-order valence-corrected chi connectivity index (χ4v) is 6.29. The zero-order valence-corrected chi connectivity index (χ0v) is 22.8. The second-order valence-electron chi connectivity index (χ2n) is 9.96. The smallest absolute Gasteiger partial charge is 0.289 e. The van der Waals surface area contributed by atoms with Crippen LogP contribution in [0.15, 0.2) is 83.9 Å². The van der Waals surface area contributed by atoms with Crippen molar-refractivity contribution in [1.29, 1.82) is 0 Å². The van der Waals surface area contributed by atoms with Crippen LogP contribution in [0, 0.1) is 13.8 Å². The van der Waals surface area contributed by atoms with E-state index in [0.717, 1.165) is 27.8 Å². The molecule has 5 rings (SSSR count). The molecule has 0 saturated heterocycles. The maximum Gasteiger partial charge on any atom is 0.522 e. The SMILES string of the molecule is Cc1cccc(C)c1-c1nc(NS(=O)(=O)c2ccccc2)cnc1-c1cccc([C@@H]2CC[C@H](OC(F)(F)F)C2)c1. The Hall–Kier alpha value is -3.76. The number of nitrogens with zero attached hydrogens (tertiary/aromatic N) is 2. The first-order chi connectivity index (χ1) is 19.0. The average molecular weight is 568 g/mol. The van der Waals surface area contributed by atoms with Crippen LogP contribution in [0.4, 0.5) is 19.0 Å². The number of anilines is 1. The van der Waals surface area contributed by atoms with Gasteiger partial charge in [0.15, 0.2) is 5.82 Å². The van der Waals surface area contributed by atoms with Gasteiger partial charge in [-0.05, 0) is 73.9 Å². The summed E-state index contributed by atoms with van der Waals surface area (Å²) in [5, 5.41) is 0. The molecule has 0 aliphatic heterocycles. The highest BCUT2D eigenvalue weighted by Gasteiger charge is 2.37. The number of benzene rings is 3. The molecule has 4 aromatic rings. The number of hydrogen-bond acceptors (Lipinski definition) is 5. The van der Waals surface area contributed by atoms with Crippen LogP contribution in [-0.4, -0.2) is 30.9 Å². The number of rotatable bonds is 7. The summed E-state index contributed by atoms with van der Waals surface area (Å²) >= 11 is 0. The van der Waals surface area contributed by atoms with E-state index < -0.39 is 22.5 Å². The van der Waals surface area contributed by atoms with Crippen molar-refractivity contribution in [3.63, 3.8) is 0 Å².